The van der Waals surface area contributed by atoms with Gasteiger partial charge in [0.05, 0.1) is 0 Å². The molecule has 100 valence electrons. The van der Waals surface area contributed by atoms with Crippen LogP contribution in [0.25, 0.3) is 11.5 Å². The van der Waals surface area contributed by atoms with E-state index in [1.54, 1.807) is 24.7 Å². The Balaban J connectivity index is 1.69. The Hall–Kier alpha value is -2.41. The third-order valence-electron chi connectivity index (χ3n) is 2.54. The minimum absolute atomic E-state index is 0.114. The van der Waals surface area contributed by atoms with Crippen molar-refractivity contribution in [2.75, 3.05) is 0 Å². The van der Waals surface area contributed by atoms with Crippen LogP contribution in [0.3, 0.4) is 0 Å². The number of rotatable bonds is 4. The van der Waals surface area contributed by atoms with Crippen LogP contribution in [-0.4, -0.2) is 20.2 Å². The molecule has 0 unspecified atom stereocenters. The molecule has 3 aromatic heterocycles. The summed E-state index contributed by atoms with van der Waals surface area (Å²) >= 11 is 1.42. The van der Waals surface area contributed by atoms with E-state index in [0.717, 1.165) is 11.1 Å². The maximum atomic E-state index is 10.9. The molecule has 0 spiro atoms. The molecule has 3 heterocycles. The van der Waals surface area contributed by atoms with Crippen molar-refractivity contribution in [2.24, 2.45) is 0 Å². The number of aromatic amines is 1. The topological polar surface area (TPSA) is 84.7 Å². The van der Waals surface area contributed by atoms with Crippen LogP contribution in [0.15, 0.2) is 57.3 Å². The summed E-state index contributed by atoms with van der Waals surface area (Å²) in [5.74, 6) is 1.12. The average Bonchev–Trinajstić information content (AvgIpc) is 2.97. The third kappa shape index (κ3) is 2.94. The predicted octanol–water partition coefficient (Wildman–Crippen LogP) is 2.11. The van der Waals surface area contributed by atoms with Crippen molar-refractivity contribution in [1.29, 1.82) is 0 Å². The SMILES string of the molecule is O=c1ccc(CSc2nnc(-c3ccncc3)o2)c[nH]1. The van der Waals surface area contributed by atoms with Crippen LogP contribution in [0, 0.1) is 0 Å². The number of thioether (sulfide) groups is 1. The van der Waals surface area contributed by atoms with Gasteiger partial charge in [0, 0.05) is 36.0 Å². The van der Waals surface area contributed by atoms with Crippen molar-refractivity contribution in [3.05, 3.63) is 58.8 Å². The van der Waals surface area contributed by atoms with Gasteiger partial charge in [0.1, 0.15) is 0 Å². The zero-order valence-electron chi connectivity index (χ0n) is 10.3. The Morgan fingerprint density at radius 1 is 1.15 bits per heavy atom. The molecule has 1 N–H and O–H groups in total. The molecule has 0 radical (unpaired) electrons. The molecule has 3 rings (SSSR count). The lowest BCUT2D eigenvalue weighted by atomic mass is 10.3. The second kappa shape index (κ2) is 5.70. The fourth-order valence-corrected chi connectivity index (χ4v) is 2.26. The largest absolute Gasteiger partial charge is 0.411 e. The smallest absolute Gasteiger partial charge is 0.277 e. The maximum Gasteiger partial charge on any atom is 0.277 e. The van der Waals surface area contributed by atoms with Crippen molar-refractivity contribution < 1.29 is 4.42 Å². The normalized spacial score (nSPS) is 10.6. The molecule has 3 aromatic rings. The van der Waals surface area contributed by atoms with Crippen LogP contribution >= 0.6 is 11.8 Å². The van der Waals surface area contributed by atoms with Gasteiger partial charge in [0.15, 0.2) is 0 Å². The van der Waals surface area contributed by atoms with Gasteiger partial charge in [-0.2, -0.15) is 0 Å². The average molecular weight is 286 g/mol. The summed E-state index contributed by atoms with van der Waals surface area (Å²) in [5.41, 5.74) is 1.71. The molecule has 0 amide bonds. The quantitative estimate of drug-likeness (QED) is 0.739. The number of hydrogen-bond donors (Lipinski definition) is 1. The van der Waals surface area contributed by atoms with Crippen LogP contribution in [0.5, 0.6) is 0 Å². The van der Waals surface area contributed by atoms with Gasteiger partial charge in [-0.25, -0.2) is 0 Å². The Kier molecular flexibility index (Phi) is 3.60. The van der Waals surface area contributed by atoms with Gasteiger partial charge in [-0.1, -0.05) is 17.8 Å². The lowest BCUT2D eigenvalue weighted by Gasteiger charge is -1.96. The third-order valence-corrected chi connectivity index (χ3v) is 3.43. The summed E-state index contributed by atoms with van der Waals surface area (Å²) in [6.07, 6.45) is 5.02. The van der Waals surface area contributed by atoms with Gasteiger partial charge in [0.2, 0.25) is 11.4 Å². The predicted molar refractivity (Wildman–Crippen MR) is 74.2 cm³/mol. The van der Waals surface area contributed by atoms with Crippen molar-refractivity contribution in [3.8, 4) is 11.5 Å². The zero-order chi connectivity index (χ0) is 13.8. The zero-order valence-corrected chi connectivity index (χ0v) is 11.1. The first-order chi connectivity index (χ1) is 9.81. The molecular weight excluding hydrogens is 276 g/mol. The van der Waals surface area contributed by atoms with E-state index in [1.807, 2.05) is 12.1 Å². The number of pyridine rings is 2. The summed E-state index contributed by atoms with van der Waals surface area (Å²) in [7, 11) is 0. The molecule has 6 nitrogen and oxygen atoms in total. The van der Waals surface area contributed by atoms with E-state index < -0.39 is 0 Å². The summed E-state index contributed by atoms with van der Waals surface area (Å²) in [6.45, 7) is 0. The van der Waals surface area contributed by atoms with E-state index in [9.17, 15) is 4.79 Å². The lowest BCUT2D eigenvalue weighted by Crippen LogP contribution is -2.02. The minimum atomic E-state index is -0.114. The monoisotopic (exact) mass is 286 g/mol. The summed E-state index contributed by atoms with van der Waals surface area (Å²) < 4.78 is 5.56. The van der Waals surface area contributed by atoms with E-state index in [2.05, 4.69) is 20.2 Å². The molecule has 7 heteroatoms. The van der Waals surface area contributed by atoms with Crippen LogP contribution in [-0.2, 0) is 5.75 Å². The molecule has 0 fully saturated rings. The summed E-state index contributed by atoms with van der Waals surface area (Å²) in [4.78, 5) is 17.5. The summed E-state index contributed by atoms with van der Waals surface area (Å²) in [6, 6.07) is 6.88. The number of aromatic nitrogens is 4. The first-order valence-corrected chi connectivity index (χ1v) is 6.84. The van der Waals surface area contributed by atoms with Gasteiger partial charge < -0.3 is 9.40 Å². The maximum absolute atomic E-state index is 10.9. The molecule has 0 aliphatic carbocycles. The first kappa shape index (κ1) is 12.6. The van der Waals surface area contributed by atoms with E-state index in [4.69, 9.17) is 4.42 Å². The molecule has 0 saturated heterocycles. The van der Waals surface area contributed by atoms with Crippen molar-refractivity contribution in [1.82, 2.24) is 20.2 Å². The van der Waals surface area contributed by atoms with Gasteiger partial charge in [-0.3, -0.25) is 9.78 Å². The van der Waals surface area contributed by atoms with E-state index in [1.165, 1.54) is 17.8 Å². The fraction of sp³-hybridized carbons (Fsp3) is 0.0769. The highest BCUT2D eigenvalue weighted by Gasteiger charge is 2.08. The Labute approximate surface area is 118 Å². The summed E-state index contributed by atoms with van der Waals surface area (Å²) in [5, 5.41) is 8.46. The van der Waals surface area contributed by atoms with Gasteiger partial charge >= 0.3 is 0 Å². The molecule has 0 bridgehead atoms. The van der Waals surface area contributed by atoms with E-state index >= 15 is 0 Å². The van der Waals surface area contributed by atoms with Crippen molar-refractivity contribution >= 4 is 11.8 Å². The van der Waals surface area contributed by atoms with Gasteiger partial charge in [-0.05, 0) is 17.7 Å². The lowest BCUT2D eigenvalue weighted by molar-refractivity contribution is 0.466. The van der Waals surface area contributed by atoms with Crippen LogP contribution in [0.1, 0.15) is 5.56 Å². The Bertz CT molecular complexity index is 734. The fourth-order valence-electron chi connectivity index (χ4n) is 1.56. The molecule has 0 atom stereocenters. The minimum Gasteiger partial charge on any atom is -0.411 e. The number of nitrogens with one attached hydrogen (secondary N) is 1. The van der Waals surface area contributed by atoms with Crippen molar-refractivity contribution in [3.63, 3.8) is 0 Å². The van der Waals surface area contributed by atoms with Crippen LogP contribution in [0.2, 0.25) is 0 Å². The highest BCUT2D eigenvalue weighted by molar-refractivity contribution is 7.98. The van der Waals surface area contributed by atoms with Crippen LogP contribution in [0.4, 0.5) is 0 Å². The molecule has 0 aliphatic rings. The molecule has 20 heavy (non-hydrogen) atoms. The second-order valence-corrected chi connectivity index (χ2v) is 4.89. The van der Waals surface area contributed by atoms with Gasteiger partial charge in [-0.15, -0.1) is 10.2 Å². The molecule has 0 aliphatic heterocycles. The van der Waals surface area contributed by atoms with Gasteiger partial charge in [0.25, 0.3) is 5.22 Å². The van der Waals surface area contributed by atoms with Crippen LogP contribution < -0.4 is 5.56 Å². The molecule has 0 aromatic carbocycles. The number of nitrogens with zero attached hydrogens (tertiary/aromatic N) is 3. The number of H-pyrrole nitrogens is 1. The highest BCUT2D eigenvalue weighted by atomic mass is 32.2. The standard InChI is InChI=1S/C13H10N4O2S/c18-11-2-1-9(7-15-11)8-20-13-17-16-12(19-13)10-3-5-14-6-4-10/h1-7H,8H2,(H,15,18). The highest BCUT2D eigenvalue weighted by Crippen LogP contribution is 2.24. The molecule has 0 saturated carbocycles. The second-order valence-electron chi connectivity index (χ2n) is 3.96. The molecular formula is C13H10N4O2S. The van der Waals surface area contributed by atoms with E-state index in [-0.39, 0.29) is 5.56 Å². The van der Waals surface area contributed by atoms with Crippen molar-refractivity contribution in [2.45, 2.75) is 11.0 Å². The number of hydrogen-bond acceptors (Lipinski definition) is 6. The Morgan fingerprint density at radius 2 is 2.00 bits per heavy atom. The first-order valence-electron chi connectivity index (χ1n) is 5.85. The Morgan fingerprint density at radius 3 is 2.75 bits per heavy atom. The van der Waals surface area contributed by atoms with E-state index in [0.29, 0.717) is 16.9 Å².